The van der Waals surface area contributed by atoms with Gasteiger partial charge in [-0.2, -0.15) is 0 Å². The number of oxime groups is 1. The predicted octanol–water partition coefficient (Wildman–Crippen LogP) is 1.48. The quantitative estimate of drug-likeness (QED) is 0.314. The minimum absolute atomic E-state index is 0.492. The smallest absolute Gasteiger partial charge is 0.450 e. The Labute approximate surface area is 109 Å². The van der Waals surface area contributed by atoms with E-state index in [1.807, 2.05) is 0 Å². The van der Waals surface area contributed by atoms with Crippen LogP contribution < -0.4 is 0 Å². The van der Waals surface area contributed by atoms with Gasteiger partial charge in [-0.25, -0.2) is 14.0 Å². The molecule has 0 aromatic rings. The number of rotatable bonds is 7. The number of nitrogens with zero attached hydrogens (tertiary/aromatic N) is 1. The van der Waals surface area contributed by atoms with Gasteiger partial charge >= 0.3 is 12.3 Å². The Kier molecular flexibility index (Phi) is 7.76. The summed E-state index contributed by atoms with van der Waals surface area (Å²) in [7, 11) is 1.18. The SMILES string of the molecule is CON=C[C@H](F)[C@H](OC(=O)O)[C@H](Br)COC(=O)O. The van der Waals surface area contributed by atoms with Gasteiger partial charge < -0.3 is 24.5 Å². The van der Waals surface area contributed by atoms with E-state index in [0.717, 1.165) is 0 Å². The Balaban J connectivity index is 4.59. The summed E-state index contributed by atoms with van der Waals surface area (Å²) < 4.78 is 22.0. The largest absolute Gasteiger partial charge is 0.506 e. The zero-order valence-corrected chi connectivity index (χ0v) is 10.7. The minimum Gasteiger partial charge on any atom is -0.450 e. The van der Waals surface area contributed by atoms with Crippen molar-refractivity contribution in [3.05, 3.63) is 0 Å². The van der Waals surface area contributed by atoms with Gasteiger partial charge in [0.1, 0.15) is 13.7 Å². The van der Waals surface area contributed by atoms with Crippen molar-refractivity contribution in [2.24, 2.45) is 5.16 Å². The number of carbonyl (C=O) groups is 2. The van der Waals surface area contributed by atoms with Crippen molar-refractivity contribution in [3.63, 3.8) is 0 Å². The molecule has 0 heterocycles. The summed E-state index contributed by atoms with van der Waals surface area (Å²) in [4.78, 5) is 23.8. The fourth-order valence-electron chi connectivity index (χ4n) is 0.904. The second-order valence-corrected chi connectivity index (χ2v) is 4.00. The van der Waals surface area contributed by atoms with Crippen LogP contribution >= 0.6 is 15.9 Å². The molecule has 0 aliphatic carbocycles. The molecule has 0 aliphatic rings. The highest BCUT2D eigenvalue weighted by Crippen LogP contribution is 2.16. The molecule has 0 radical (unpaired) electrons. The lowest BCUT2D eigenvalue weighted by molar-refractivity contribution is 0.0165. The lowest BCUT2D eigenvalue weighted by Crippen LogP contribution is -2.39. The van der Waals surface area contributed by atoms with E-state index in [0.29, 0.717) is 6.21 Å². The van der Waals surface area contributed by atoms with Crippen LogP contribution in [0.4, 0.5) is 14.0 Å². The molecule has 0 amide bonds. The molecule has 0 rings (SSSR count). The standard InChI is InChI=1S/C8H11BrFNO7/c1-16-11-2-5(10)6(18-8(14)15)4(9)3-17-7(12)13/h2,4-6H,3H2,1H3,(H,12,13)(H,14,15)/t4-,5+,6-/m1/s1. The van der Waals surface area contributed by atoms with Crippen LogP contribution in [0.3, 0.4) is 0 Å². The maximum atomic E-state index is 13.5. The molecule has 0 aromatic heterocycles. The Morgan fingerprint density at radius 2 is 2.06 bits per heavy atom. The molecule has 0 unspecified atom stereocenters. The van der Waals surface area contributed by atoms with Crippen molar-refractivity contribution in [3.8, 4) is 0 Å². The molecule has 18 heavy (non-hydrogen) atoms. The molecular formula is C8H11BrFNO7. The Bertz CT molecular complexity index is 314. The van der Waals surface area contributed by atoms with Crippen LogP contribution in [0.2, 0.25) is 0 Å². The van der Waals surface area contributed by atoms with Crippen LogP contribution in [0, 0.1) is 0 Å². The second-order valence-electron chi connectivity index (χ2n) is 2.82. The first-order valence-corrected chi connectivity index (χ1v) is 5.40. The van der Waals surface area contributed by atoms with Crippen LogP contribution in [-0.2, 0) is 14.3 Å². The first kappa shape index (κ1) is 16.4. The predicted molar refractivity (Wildman–Crippen MR) is 60.0 cm³/mol. The first-order chi connectivity index (χ1) is 8.38. The van der Waals surface area contributed by atoms with Crippen LogP contribution in [0.5, 0.6) is 0 Å². The van der Waals surface area contributed by atoms with Gasteiger partial charge in [0.25, 0.3) is 0 Å². The van der Waals surface area contributed by atoms with Crippen molar-refractivity contribution in [1.82, 2.24) is 0 Å². The van der Waals surface area contributed by atoms with E-state index in [-0.39, 0.29) is 0 Å². The average molecular weight is 332 g/mol. The van der Waals surface area contributed by atoms with Gasteiger partial charge in [-0.3, -0.25) is 0 Å². The number of ether oxygens (including phenoxy) is 2. The minimum atomic E-state index is -1.93. The van der Waals surface area contributed by atoms with E-state index in [2.05, 4.69) is 35.4 Å². The van der Waals surface area contributed by atoms with E-state index in [4.69, 9.17) is 10.2 Å². The van der Waals surface area contributed by atoms with Gasteiger partial charge in [0, 0.05) is 0 Å². The highest BCUT2D eigenvalue weighted by Gasteiger charge is 2.32. The zero-order chi connectivity index (χ0) is 14.1. The van der Waals surface area contributed by atoms with E-state index in [1.165, 1.54) is 7.11 Å². The van der Waals surface area contributed by atoms with Gasteiger partial charge in [0.2, 0.25) is 0 Å². The van der Waals surface area contributed by atoms with Gasteiger partial charge in [-0.1, -0.05) is 21.1 Å². The molecule has 0 aliphatic heterocycles. The first-order valence-electron chi connectivity index (χ1n) is 4.48. The van der Waals surface area contributed by atoms with Crippen molar-refractivity contribution >= 4 is 34.5 Å². The molecule has 0 aromatic carbocycles. The molecule has 3 atom stereocenters. The number of alkyl halides is 2. The summed E-state index contributed by atoms with van der Waals surface area (Å²) in [5, 5.41) is 19.8. The van der Waals surface area contributed by atoms with Crippen molar-refractivity contribution in [1.29, 1.82) is 0 Å². The molecule has 8 nitrogen and oxygen atoms in total. The summed E-state index contributed by atoms with van der Waals surface area (Å²) in [6.07, 6.45) is -6.06. The number of halogens is 2. The number of hydrogen-bond acceptors (Lipinski definition) is 6. The third-order valence-corrected chi connectivity index (χ3v) is 2.37. The van der Waals surface area contributed by atoms with Crippen molar-refractivity contribution in [2.75, 3.05) is 13.7 Å². The van der Waals surface area contributed by atoms with Crippen LogP contribution in [0.1, 0.15) is 0 Å². The van der Waals surface area contributed by atoms with E-state index < -0.39 is 36.0 Å². The normalized spacial score (nSPS) is 15.7. The summed E-state index contributed by atoms with van der Waals surface area (Å²) in [6, 6.07) is 0. The van der Waals surface area contributed by atoms with Gasteiger partial charge in [-0.05, 0) is 0 Å². The summed E-state index contributed by atoms with van der Waals surface area (Å²) in [5.41, 5.74) is 0. The monoisotopic (exact) mass is 331 g/mol. The lowest BCUT2D eigenvalue weighted by Gasteiger charge is -2.21. The summed E-state index contributed by atoms with van der Waals surface area (Å²) in [6.45, 7) is -0.492. The Hall–Kier alpha value is -1.58. The zero-order valence-electron chi connectivity index (χ0n) is 9.16. The van der Waals surface area contributed by atoms with Crippen LogP contribution in [0.25, 0.3) is 0 Å². The molecule has 0 fully saturated rings. The molecule has 0 bridgehead atoms. The second kappa shape index (κ2) is 8.50. The molecule has 2 N–H and O–H groups in total. The average Bonchev–Trinajstić information content (AvgIpc) is 2.29. The number of carboxylic acid groups (broad SMARTS) is 2. The van der Waals surface area contributed by atoms with Crippen LogP contribution in [-0.4, -0.2) is 59.6 Å². The summed E-state index contributed by atoms with van der Waals surface area (Å²) in [5.74, 6) is 0. The fraction of sp³-hybridized carbons (Fsp3) is 0.625. The maximum Gasteiger partial charge on any atom is 0.506 e. The molecule has 0 saturated heterocycles. The van der Waals surface area contributed by atoms with E-state index in [9.17, 15) is 14.0 Å². The Morgan fingerprint density at radius 1 is 1.44 bits per heavy atom. The van der Waals surface area contributed by atoms with Crippen LogP contribution in [0.15, 0.2) is 5.16 Å². The summed E-state index contributed by atoms with van der Waals surface area (Å²) >= 11 is 2.87. The van der Waals surface area contributed by atoms with E-state index >= 15 is 0 Å². The third kappa shape index (κ3) is 6.89. The lowest BCUT2D eigenvalue weighted by atomic mass is 10.2. The topological polar surface area (TPSA) is 115 Å². The Morgan fingerprint density at radius 3 is 2.50 bits per heavy atom. The van der Waals surface area contributed by atoms with Gasteiger partial charge in [0.15, 0.2) is 12.3 Å². The van der Waals surface area contributed by atoms with Gasteiger partial charge in [0.05, 0.1) is 11.0 Å². The molecule has 0 spiro atoms. The fourth-order valence-corrected chi connectivity index (χ4v) is 1.44. The third-order valence-electron chi connectivity index (χ3n) is 1.58. The van der Waals surface area contributed by atoms with Crippen molar-refractivity contribution < 1.29 is 38.5 Å². The maximum absolute atomic E-state index is 13.5. The van der Waals surface area contributed by atoms with E-state index in [1.54, 1.807) is 0 Å². The molecule has 10 heteroatoms. The van der Waals surface area contributed by atoms with Gasteiger partial charge in [-0.15, -0.1) is 0 Å². The highest BCUT2D eigenvalue weighted by molar-refractivity contribution is 9.09. The highest BCUT2D eigenvalue weighted by atomic mass is 79.9. The molecule has 104 valence electrons. The van der Waals surface area contributed by atoms with Crippen molar-refractivity contribution in [2.45, 2.75) is 17.1 Å². The molecular weight excluding hydrogens is 321 g/mol. The number of hydrogen-bond donors (Lipinski definition) is 2. The molecule has 0 saturated carbocycles.